The van der Waals surface area contributed by atoms with Gasteiger partial charge in [0.25, 0.3) is 5.56 Å². The zero-order valence-electron chi connectivity index (χ0n) is 24.9. The van der Waals surface area contributed by atoms with Crippen molar-refractivity contribution in [3.05, 3.63) is 118 Å². The second-order valence-electron chi connectivity index (χ2n) is 11.6. The lowest BCUT2D eigenvalue weighted by Gasteiger charge is -2.42. The minimum atomic E-state index is -0.421. The molecule has 0 radical (unpaired) electrons. The molecule has 3 aromatic carbocycles. The largest absolute Gasteiger partial charge is 0.497 e. The molecule has 44 heavy (non-hydrogen) atoms. The van der Waals surface area contributed by atoms with Crippen molar-refractivity contribution in [2.24, 2.45) is 0 Å². The van der Waals surface area contributed by atoms with Gasteiger partial charge in [-0.1, -0.05) is 60.7 Å². The number of H-pyrrole nitrogens is 1. The second-order valence-corrected chi connectivity index (χ2v) is 11.6. The van der Waals surface area contributed by atoms with Gasteiger partial charge in [-0.15, -0.1) is 5.10 Å². The van der Waals surface area contributed by atoms with Gasteiger partial charge in [-0.2, -0.15) is 0 Å². The van der Waals surface area contributed by atoms with Crippen molar-refractivity contribution in [2.75, 3.05) is 39.9 Å². The summed E-state index contributed by atoms with van der Waals surface area (Å²) in [7, 11) is 1.62. The molecular formula is C34H37N7O3. The Morgan fingerprint density at radius 2 is 1.59 bits per heavy atom. The van der Waals surface area contributed by atoms with E-state index in [4.69, 9.17) is 9.47 Å². The summed E-state index contributed by atoms with van der Waals surface area (Å²) in [4.78, 5) is 21.8. The molecule has 10 nitrogen and oxygen atoms in total. The van der Waals surface area contributed by atoms with Crippen LogP contribution >= 0.6 is 0 Å². The van der Waals surface area contributed by atoms with Crippen LogP contribution in [0.5, 0.6) is 5.75 Å². The van der Waals surface area contributed by atoms with Crippen molar-refractivity contribution < 1.29 is 9.47 Å². The highest BCUT2D eigenvalue weighted by molar-refractivity contribution is 5.80. The lowest BCUT2D eigenvalue weighted by molar-refractivity contribution is 0.0778. The number of tetrazole rings is 1. The minimum absolute atomic E-state index is 0.0644. The number of aromatic nitrogens is 5. The predicted molar refractivity (Wildman–Crippen MR) is 168 cm³/mol. The smallest absolute Gasteiger partial charge is 0.253 e. The summed E-state index contributed by atoms with van der Waals surface area (Å²) in [6, 6.07) is 28.8. The van der Waals surface area contributed by atoms with Gasteiger partial charge < -0.3 is 14.5 Å². The molecule has 5 aromatic rings. The van der Waals surface area contributed by atoms with E-state index in [1.54, 1.807) is 7.11 Å². The number of nitrogens with zero attached hydrogens (tertiary/aromatic N) is 6. The van der Waals surface area contributed by atoms with Gasteiger partial charge in [0.1, 0.15) is 11.8 Å². The SMILES string of the molecule is COc1ccc2cc([C@H](c3nnnn3C[C@@H]3CCCO3)N3CCN(C(c4ccccc4)c4ccccc4)CC3)c(=O)[nH]c2c1. The van der Waals surface area contributed by atoms with E-state index >= 15 is 0 Å². The minimum Gasteiger partial charge on any atom is -0.497 e. The maximum absolute atomic E-state index is 13.8. The third kappa shape index (κ3) is 5.76. The van der Waals surface area contributed by atoms with E-state index in [1.807, 2.05) is 28.9 Å². The van der Waals surface area contributed by atoms with Gasteiger partial charge in [0.15, 0.2) is 5.82 Å². The van der Waals surface area contributed by atoms with Crippen LogP contribution in [-0.4, -0.2) is 81.0 Å². The number of hydrogen-bond donors (Lipinski definition) is 1. The Hall–Kier alpha value is -4.38. The van der Waals surface area contributed by atoms with E-state index < -0.39 is 6.04 Å². The number of hydrogen-bond acceptors (Lipinski definition) is 8. The Morgan fingerprint density at radius 3 is 2.23 bits per heavy atom. The summed E-state index contributed by atoms with van der Waals surface area (Å²) in [5.41, 5.74) is 3.74. The number of aromatic amines is 1. The molecule has 1 N–H and O–H groups in total. The van der Waals surface area contributed by atoms with Gasteiger partial charge in [0.05, 0.1) is 31.3 Å². The standard InChI is InChI=1S/C34H37N7O3/c1-43-27-15-14-26-21-29(34(42)35-30(26)22-27)32(33-36-37-38-41(33)23-28-13-8-20-44-28)40-18-16-39(17-19-40)31(24-9-4-2-5-10-24)25-11-6-3-7-12-25/h2-7,9-12,14-15,21-22,28,31-32H,8,13,16-20,23H2,1H3,(H,35,42)/t28-,32+/m0/s1. The number of nitrogens with one attached hydrogen (secondary N) is 1. The van der Waals surface area contributed by atoms with Crippen LogP contribution in [0.2, 0.25) is 0 Å². The van der Waals surface area contributed by atoms with Crippen LogP contribution in [0, 0.1) is 0 Å². The molecule has 2 saturated heterocycles. The number of pyridine rings is 1. The molecule has 0 unspecified atom stereocenters. The molecule has 0 aliphatic carbocycles. The monoisotopic (exact) mass is 591 g/mol. The zero-order valence-corrected chi connectivity index (χ0v) is 24.9. The summed E-state index contributed by atoms with van der Waals surface area (Å²) in [5.74, 6) is 1.36. The third-order valence-electron chi connectivity index (χ3n) is 8.89. The van der Waals surface area contributed by atoms with E-state index in [0.717, 1.165) is 56.5 Å². The fourth-order valence-corrected chi connectivity index (χ4v) is 6.68. The molecule has 7 rings (SSSR count). The normalized spacial score (nSPS) is 18.6. The molecule has 2 aromatic heterocycles. The lowest BCUT2D eigenvalue weighted by atomic mass is 9.96. The maximum Gasteiger partial charge on any atom is 0.253 e. The predicted octanol–water partition coefficient (Wildman–Crippen LogP) is 4.20. The van der Waals surface area contributed by atoms with Crippen LogP contribution in [-0.2, 0) is 11.3 Å². The van der Waals surface area contributed by atoms with Crippen molar-refractivity contribution in [2.45, 2.75) is 37.6 Å². The van der Waals surface area contributed by atoms with E-state index in [9.17, 15) is 4.79 Å². The van der Waals surface area contributed by atoms with E-state index in [-0.39, 0.29) is 17.7 Å². The molecule has 0 spiro atoms. The lowest BCUT2D eigenvalue weighted by Crippen LogP contribution is -2.50. The van der Waals surface area contributed by atoms with E-state index in [1.165, 1.54) is 11.1 Å². The molecule has 0 amide bonds. The highest BCUT2D eigenvalue weighted by Crippen LogP contribution is 2.33. The highest BCUT2D eigenvalue weighted by atomic mass is 16.5. The molecule has 0 saturated carbocycles. The first-order valence-electron chi connectivity index (χ1n) is 15.3. The quantitative estimate of drug-likeness (QED) is 0.272. The average molecular weight is 592 g/mol. The molecular weight excluding hydrogens is 554 g/mol. The van der Waals surface area contributed by atoms with Crippen molar-refractivity contribution in [1.82, 2.24) is 35.0 Å². The topological polar surface area (TPSA) is 101 Å². The fourth-order valence-electron chi connectivity index (χ4n) is 6.68. The van der Waals surface area contributed by atoms with E-state index in [0.29, 0.717) is 23.7 Å². The van der Waals surface area contributed by atoms with Crippen molar-refractivity contribution in [1.29, 1.82) is 0 Å². The Bertz CT molecular complexity index is 1700. The number of fused-ring (bicyclic) bond motifs is 1. The number of benzene rings is 3. The molecule has 2 aliphatic heterocycles. The number of ether oxygens (including phenoxy) is 2. The molecule has 0 bridgehead atoms. The van der Waals surface area contributed by atoms with E-state index in [2.05, 4.69) is 91.0 Å². The van der Waals surface area contributed by atoms with Crippen LogP contribution in [0.4, 0.5) is 0 Å². The molecule has 2 aliphatic rings. The third-order valence-corrected chi connectivity index (χ3v) is 8.89. The first-order chi connectivity index (χ1) is 21.7. The average Bonchev–Trinajstić information content (AvgIpc) is 3.76. The van der Waals surface area contributed by atoms with Crippen LogP contribution in [0.3, 0.4) is 0 Å². The number of rotatable bonds is 9. The Morgan fingerprint density at radius 1 is 0.909 bits per heavy atom. The summed E-state index contributed by atoms with van der Waals surface area (Å²) in [6.45, 7) is 4.44. The number of methoxy groups -OCH3 is 1. The summed E-state index contributed by atoms with van der Waals surface area (Å²) in [5, 5.41) is 13.9. The van der Waals surface area contributed by atoms with Gasteiger partial charge in [0.2, 0.25) is 0 Å². The Kier molecular flexibility index (Phi) is 8.19. The Labute approximate surface area is 256 Å². The van der Waals surface area contributed by atoms with Crippen molar-refractivity contribution >= 4 is 10.9 Å². The summed E-state index contributed by atoms with van der Waals surface area (Å²) in [6.07, 6.45) is 2.07. The summed E-state index contributed by atoms with van der Waals surface area (Å²) >= 11 is 0. The second kappa shape index (κ2) is 12.7. The molecule has 4 heterocycles. The van der Waals surface area contributed by atoms with Gasteiger partial charge in [0, 0.05) is 44.4 Å². The van der Waals surface area contributed by atoms with Crippen LogP contribution in [0.15, 0.2) is 89.7 Å². The molecule has 2 fully saturated rings. The molecule has 10 heteroatoms. The number of piperazine rings is 1. The van der Waals surface area contributed by atoms with Gasteiger partial charge in [-0.05, 0) is 58.0 Å². The summed E-state index contributed by atoms with van der Waals surface area (Å²) < 4.78 is 13.1. The van der Waals surface area contributed by atoms with Gasteiger partial charge >= 0.3 is 0 Å². The highest BCUT2D eigenvalue weighted by Gasteiger charge is 2.35. The molecule has 226 valence electrons. The first-order valence-corrected chi connectivity index (χ1v) is 15.3. The van der Waals surface area contributed by atoms with Gasteiger partial charge in [-0.25, -0.2) is 4.68 Å². The Balaban J connectivity index is 1.23. The van der Waals surface area contributed by atoms with Crippen molar-refractivity contribution in [3.63, 3.8) is 0 Å². The van der Waals surface area contributed by atoms with Crippen LogP contribution < -0.4 is 10.3 Å². The fraction of sp³-hybridized carbons (Fsp3) is 0.353. The van der Waals surface area contributed by atoms with Crippen molar-refractivity contribution in [3.8, 4) is 5.75 Å². The van der Waals surface area contributed by atoms with Gasteiger partial charge in [-0.3, -0.25) is 14.6 Å². The first kappa shape index (κ1) is 28.4. The van der Waals surface area contributed by atoms with Crippen LogP contribution in [0.25, 0.3) is 10.9 Å². The zero-order chi connectivity index (χ0) is 29.9. The maximum atomic E-state index is 13.8. The van der Waals surface area contributed by atoms with Crippen LogP contribution in [0.1, 0.15) is 47.4 Å². The molecule has 2 atom stereocenters.